The van der Waals surface area contributed by atoms with Gasteiger partial charge in [-0.1, -0.05) is 49.4 Å². The van der Waals surface area contributed by atoms with Crippen molar-refractivity contribution < 1.29 is 9.59 Å². The highest BCUT2D eigenvalue weighted by Crippen LogP contribution is 2.32. The lowest BCUT2D eigenvalue weighted by atomic mass is 9.87. The van der Waals surface area contributed by atoms with Crippen molar-refractivity contribution in [1.82, 2.24) is 25.0 Å². The molecule has 3 amide bonds. The topological polar surface area (TPSA) is 68.8 Å². The predicted molar refractivity (Wildman–Crippen MR) is 125 cm³/mol. The average molecular weight is 450 g/mol. The first kappa shape index (κ1) is 21.1. The smallest absolute Gasteiger partial charge is 0.319 e. The van der Waals surface area contributed by atoms with Crippen molar-refractivity contribution >= 4 is 33.5 Å². The summed E-state index contributed by atoms with van der Waals surface area (Å²) in [6.45, 7) is 6.50. The molecule has 5 rings (SSSR count). The Morgan fingerprint density at radius 3 is 2.38 bits per heavy atom. The second kappa shape index (κ2) is 8.61. The number of nitrogens with one attached hydrogen (secondary N) is 1. The van der Waals surface area contributed by atoms with Gasteiger partial charge in [0.25, 0.3) is 5.91 Å². The van der Waals surface area contributed by atoms with Crippen LogP contribution in [0.25, 0.3) is 10.2 Å². The first-order chi connectivity index (χ1) is 15.6. The Labute approximate surface area is 191 Å². The van der Waals surface area contributed by atoms with E-state index in [1.807, 2.05) is 49.4 Å². The van der Waals surface area contributed by atoms with E-state index in [4.69, 9.17) is 4.98 Å². The van der Waals surface area contributed by atoms with Crippen LogP contribution >= 0.6 is 11.3 Å². The summed E-state index contributed by atoms with van der Waals surface area (Å²) in [5.74, 6) is -0.159. The normalized spacial score (nSPS) is 22.6. The summed E-state index contributed by atoms with van der Waals surface area (Å²) in [4.78, 5) is 36.8. The highest BCUT2D eigenvalue weighted by molar-refractivity contribution is 7.18. The van der Waals surface area contributed by atoms with Crippen molar-refractivity contribution in [3.05, 3.63) is 65.2 Å². The number of thiazole rings is 1. The number of urea groups is 1. The molecule has 1 aromatic heterocycles. The lowest BCUT2D eigenvalue weighted by Crippen LogP contribution is -2.51. The van der Waals surface area contributed by atoms with E-state index in [0.717, 1.165) is 48.8 Å². The quantitative estimate of drug-likeness (QED) is 0.585. The van der Waals surface area contributed by atoms with E-state index in [0.29, 0.717) is 13.1 Å². The zero-order valence-corrected chi connectivity index (χ0v) is 19.0. The molecule has 1 atom stereocenters. The van der Waals surface area contributed by atoms with Crippen LogP contribution < -0.4 is 5.32 Å². The molecular formula is C24H27N5O2S. The fraction of sp³-hybridized carbons (Fsp3) is 0.375. The third-order valence-corrected chi connectivity index (χ3v) is 7.50. The van der Waals surface area contributed by atoms with Crippen molar-refractivity contribution in [2.45, 2.75) is 25.4 Å². The molecule has 2 aliphatic heterocycles. The summed E-state index contributed by atoms with van der Waals surface area (Å²) in [6, 6.07) is 17.5. The molecule has 1 N–H and O–H groups in total. The average Bonchev–Trinajstić information content (AvgIpc) is 3.34. The van der Waals surface area contributed by atoms with Crippen molar-refractivity contribution in [1.29, 1.82) is 0 Å². The van der Waals surface area contributed by atoms with Crippen LogP contribution in [0.15, 0.2) is 54.6 Å². The van der Waals surface area contributed by atoms with Crippen LogP contribution in [0.3, 0.4) is 0 Å². The van der Waals surface area contributed by atoms with Crippen molar-refractivity contribution in [3.63, 3.8) is 0 Å². The van der Waals surface area contributed by atoms with Gasteiger partial charge in [-0.15, -0.1) is 11.3 Å². The van der Waals surface area contributed by atoms with E-state index in [2.05, 4.69) is 27.2 Å². The number of aromatic nitrogens is 1. The Kier molecular flexibility index (Phi) is 5.67. The number of fused-ring (bicyclic) bond motifs is 1. The minimum atomic E-state index is -0.965. The third kappa shape index (κ3) is 3.79. The number of hydrogen-bond acceptors (Lipinski definition) is 6. The number of hydrogen-bond donors (Lipinski definition) is 1. The summed E-state index contributed by atoms with van der Waals surface area (Å²) in [5.41, 5.74) is 0.930. The Morgan fingerprint density at radius 1 is 0.969 bits per heavy atom. The van der Waals surface area contributed by atoms with Crippen LogP contribution in [-0.2, 0) is 16.9 Å². The Balaban J connectivity index is 1.20. The van der Waals surface area contributed by atoms with Gasteiger partial charge in [0.2, 0.25) is 0 Å². The van der Waals surface area contributed by atoms with Gasteiger partial charge in [0.05, 0.1) is 23.4 Å². The number of benzene rings is 2. The monoisotopic (exact) mass is 449 g/mol. The summed E-state index contributed by atoms with van der Waals surface area (Å²) in [5, 5.41) is 4.10. The van der Waals surface area contributed by atoms with Crippen molar-refractivity contribution in [3.8, 4) is 0 Å². The lowest BCUT2D eigenvalue weighted by Gasteiger charge is -2.35. The van der Waals surface area contributed by atoms with E-state index in [-0.39, 0.29) is 11.9 Å². The third-order valence-electron chi connectivity index (χ3n) is 6.48. The van der Waals surface area contributed by atoms with E-state index in [9.17, 15) is 9.59 Å². The number of carbonyl (C=O) groups is 2. The second-order valence-electron chi connectivity index (χ2n) is 8.40. The number of rotatable bonds is 6. The highest BCUT2D eigenvalue weighted by atomic mass is 32.1. The molecule has 1 unspecified atom stereocenters. The van der Waals surface area contributed by atoms with Gasteiger partial charge in [-0.3, -0.25) is 14.6 Å². The molecule has 0 saturated carbocycles. The number of nitrogens with zero attached hydrogens (tertiary/aromatic N) is 4. The fourth-order valence-electron chi connectivity index (χ4n) is 4.58. The molecule has 2 saturated heterocycles. The minimum Gasteiger partial charge on any atom is -0.319 e. The molecule has 32 heavy (non-hydrogen) atoms. The van der Waals surface area contributed by atoms with Crippen molar-refractivity contribution in [2.75, 3.05) is 32.8 Å². The van der Waals surface area contributed by atoms with Gasteiger partial charge in [-0.2, -0.15) is 0 Å². The number of amides is 3. The van der Waals surface area contributed by atoms with Gasteiger partial charge in [0, 0.05) is 26.2 Å². The van der Waals surface area contributed by atoms with Crippen LogP contribution in [0.1, 0.15) is 23.9 Å². The molecule has 3 aromatic rings. The fourth-order valence-corrected chi connectivity index (χ4v) is 5.59. The van der Waals surface area contributed by atoms with Crippen LogP contribution in [0.2, 0.25) is 0 Å². The van der Waals surface area contributed by atoms with Gasteiger partial charge in [-0.05, 0) is 24.1 Å². The molecular weight excluding hydrogens is 422 g/mol. The van der Waals surface area contributed by atoms with E-state index >= 15 is 0 Å². The number of carbonyl (C=O) groups excluding carboxylic acids is 2. The number of imide groups is 1. The predicted octanol–water partition coefficient (Wildman–Crippen LogP) is 3.23. The summed E-state index contributed by atoms with van der Waals surface area (Å²) < 4.78 is 1.22. The Morgan fingerprint density at radius 2 is 1.66 bits per heavy atom. The van der Waals surface area contributed by atoms with E-state index in [1.165, 1.54) is 9.60 Å². The zero-order valence-electron chi connectivity index (χ0n) is 18.2. The van der Waals surface area contributed by atoms with Crippen molar-refractivity contribution in [2.24, 2.45) is 0 Å². The Hall–Kier alpha value is -2.81. The highest BCUT2D eigenvalue weighted by Gasteiger charge is 2.51. The van der Waals surface area contributed by atoms with Crippen LogP contribution in [0, 0.1) is 0 Å². The largest absolute Gasteiger partial charge is 0.326 e. The molecule has 7 nitrogen and oxygen atoms in total. The molecule has 0 bridgehead atoms. The zero-order chi connectivity index (χ0) is 22.1. The molecule has 2 aliphatic rings. The molecule has 0 aliphatic carbocycles. The van der Waals surface area contributed by atoms with Gasteiger partial charge in [-0.25, -0.2) is 14.7 Å². The lowest BCUT2D eigenvalue weighted by molar-refractivity contribution is -0.133. The molecule has 0 spiro atoms. The molecule has 166 valence electrons. The maximum absolute atomic E-state index is 13.3. The first-order valence-corrected chi connectivity index (χ1v) is 11.9. The molecule has 2 aromatic carbocycles. The number of para-hydroxylation sites is 1. The van der Waals surface area contributed by atoms with Gasteiger partial charge in [0.1, 0.15) is 10.5 Å². The first-order valence-electron chi connectivity index (χ1n) is 11.1. The molecule has 8 heteroatoms. The maximum atomic E-state index is 13.3. The standard InChI is InChI=1S/C24H27N5O2S/c1-2-24(18-8-4-3-5-9-18)22(30)29(23(31)26-24)17-28-14-12-27(13-15-28)16-21-25-19-10-6-7-11-20(19)32-21/h3-11H,2,12-17H2,1H3,(H,26,31). The summed E-state index contributed by atoms with van der Waals surface area (Å²) >= 11 is 1.75. The van der Waals surface area contributed by atoms with Crippen LogP contribution in [0.5, 0.6) is 0 Å². The second-order valence-corrected chi connectivity index (χ2v) is 9.51. The maximum Gasteiger partial charge on any atom is 0.326 e. The SMILES string of the molecule is CCC1(c2ccccc2)NC(=O)N(CN2CCN(Cc3nc4ccccc4s3)CC2)C1=O. The van der Waals surface area contributed by atoms with Crippen LogP contribution in [-0.4, -0.2) is 64.5 Å². The van der Waals surface area contributed by atoms with E-state index in [1.54, 1.807) is 11.3 Å². The Bertz CT molecular complexity index is 1090. The molecule has 2 fully saturated rings. The van der Waals surface area contributed by atoms with Crippen LogP contribution in [0.4, 0.5) is 4.79 Å². The van der Waals surface area contributed by atoms with E-state index < -0.39 is 5.54 Å². The van der Waals surface area contributed by atoms with Gasteiger partial charge in [0.15, 0.2) is 0 Å². The summed E-state index contributed by atoms with van der Waals surface area (Å²) in [7, 11) is 0. The van der Waals surface area contributed by atoms with Gasteiger partial charge < -0.3 is 5.32 Å². The molecule has 3 heterocycles. The summed E-state index contributed by atoms with van der Waals surface area (Å²) in [6.07, 6.45) is 0.522. The van der Waals surface area contributed by atoms with Gasteiger partial charge >= 0.3 is 6.03 Å². The minimum absolute atomic E-state index is 0.159. The number of piperazine rings is 1. The molecule has 0 radical (unpaired) electrons.